The van der Waals surface area contributed by atoms with E-state index in [4.69, 9.17) is 14.4 Å². The second kappa shape index (κ2) is 9.52. The summed E-state index contributed by atoms with van der Waals surface area (Å²) in [6.07, 6.45) is 5.84. The number of amides is 1. The Morgan fingerprint density at radius 2 is 1.90 bits per heavy atom. The van der Waals surface area contributed by atoms with Crippen molar-refractivity contribution in [1.82, 2.24) is 14.9 Å². The summed E-state index contributed by atoms with van der Waals surface area (Å²) in [5.41, 5.74) is -0.0178. The number of aliphatic hydroxyl groups is 2. The van der Waals surface area contributed by atoms with E-state index in [1.54, 1.807) is 17.3 Å². The van der Waals surface area contributed by atoms with Gasteiger partial charge in [0.15, 0.2) is 11.3 Å². The SMILES string of the molecule is CC1(C)OB(c2cnc(SCC[C@@H]3CCCCN3C(=O)[C@@H](O)CO)nc2)OC1(C)C. The molecule has 2 aliphatic heterocycles. The minimum absolute atomic E-state index is 0.0731. The maximum Gasteiger partial charge on any atom is 0.498 e. The Labute approximate surface area is 182 Å². The molecule has 0 bridgehead atoms. The summed E-state index contributed by atoms with van der Waals surface area (Å²) in [5.74, 6) is 0.384. The van der Waals surface area contributed by atoms with Gasteiger partial charge in [-0.2, -0.15) is 0 Å². The van der Waals surface area contributed by atoms with Gasteiger partial charge in [-0.1, -0.05) is 11.8 Å². The lowest BCUT2D eigenvalue weighted by Crippen LogP contribution is -2.49. The predicted molar refractivity (Wildman–Crippen MR) is 116 cm³/mol. The van der Waals surface area contributed by atoms with Crippen molar-refractivity contribution in [3.05, 3.63) is 12.4 Å². The summed E-state index contributed by atoms with van der Waals surface area (Å²) in [5, 5.41) is 19.4. The number of hydrogen-bond acceptors (Lipinski definition) is 8. The van der Waals surface area contributed by atoms with E-state index in [9.17, 15) is 9.90 Å². The van der Waals surface area contributed by atoms with Crippen molar-refractivity contribution >= 4 is 30.3 Å². The molecule has 0 radical (unpaired) electrons. The lowest BCUT2D eigenvalue weighted by molar-refractivity contribution is -0.146. The molecule has 8 nitrogen and oxygen atoms in total. The summed E-state index contributed by atoms with van der Waals surface area (Å²) >= 11 is 1.54. The molecule has 0 saturated carbocycles. The van der Waals surface area contributed by atoms with Crippen LogP contribution in [-0.4, -0.2) is 80.4 Å². The lowest BCUT2D eigenvalue weighted by Gasteiger charge is -2.36. The van der Waals surface area contributed by atoms with Crippen molar-refractivity contribution in [2.24, 2.45) is 0 Å². The number of carbonyl (C=O) groups excluding carboxylic acids is 1. The van der Waals surface area contributed by atoms with Crippen LogP contribution in [0.15, 0.2) is 17.6 Å². The zero-order valence-corrected chi connectivity index (χ0v) is 19.0. The highest BCUT2D eigenvalue weighted by Crippen LogP contribution is 2.36. The maximum atomic E-state index is 12.3. The van der Waals surface area contributed by atoms with E-state index in [0.717, 1.165) is 36.9 Å². The average Bonchev–Trinajstić information content (AvgIpc) is 2.95. The second-order valence-corrected chi connectivity index (χ2v) is 9.97. The molecule has 0 aromatic carbocycles. The van der Waals surface area contributed by atoms with Crippen molar-refractivity contribution in [1.29, 1.82) is 0 Å². The van der Waals surface area contributed by atoms with Crippen molar-refractivity contribution in [3.63, 3.8) is 0 Å². The van der Waals surface area contributed by atoms with Crippen LogP contribution in [0.2, 0.25) is 0 Å². The van der Waals surface area contributed by atoms with Gasteiger partial charge in [0.05, 0.1) is 17.8 Å². The summed E-state index contributed by atoms with van der Waals surface area (Å²) in [4.78, 5) is 22.9. The fourth-order valence-electron chi connectivity index (χ4n) is 3.65. The van der Waals surface area contributed by atoms with Crippen LogP contribution in [0.25, 0.3) is 0 Å². The van der Waals surface area contributed by atoms with Gasteiger partial charge in [-0.3, -0.25) is 4.79 Å². The lowest BCUT2D eigenvalue weighted by atomic mass is 9.81. The van der Waals surface area contributed by atoms with Crippen LogP contribution in [0.4, 0.5) is 0 Å². The molecule has 3 heterocycles. The van der Waals surface area contributed by atoms with Crippen LogP contribution < -0.4 is 5.46 Å². The van der Waals surface area contributed by atoms with Crippen molar-refractivity contribution in [2.75, 3.05) is 18.9 Å². The molecule has 0 unspecified atom stereocenters. The molecule has 166 valence electrons. The first kappa shape index (κ1) is 23.5. The van der Waals surface area contributed by atoms with Gasteiger partial charge in [0.1, 0.15) is 0 Å². The van der Waals surface area contributed by atoms with Gasteiger partial charge in [0.25, 0.3) is 5.91 Å². The van der Waals surface area contributed by atoms with Crippen LogP contribution >= 0.6 is 11.8 Å². The van der Waals surface area contributed by atoms with E-state index in [1.165, 1.54) is 11.8 Å². The highest BCUT2D eigenvalue weighted by Gasteiger charge is 2.51. The molecule has 10 heteroatoms. The van der Waals surface area contributed by atoms with Gasteiger partial charge in [0.2, 0.25) is 0 Å². The molecule has 0 spiro atoms. The molecule has 2 atom stereocenters. The Morgan fingerprint density at radius 3 is 2.50 bits per heavy atom. The molecule has 2 fully saturated rings. The molecular formula is C20H32BN3O5S. The van der Waals surface area contributed by atoms with Gasteiger partial charge >= 0.3 is 7.12 Å². The Bertz CT molecular complexity index is 718. The predicted octanol–water partition coefficient (Wildman–Crippen LogP) is 0.992. The van der Waals surface area contributed by atoms with E-state index in [0.29, 0.717) is 11.7 Å². The maximum absolute atomic E-state index is 12.3. The van der Waals surface area contributed by atoms with E-state index >= 15 is 0 Å². The fraction of sp³-hybridized carbons (Fsp3) is 0.750. The normalized spacial score (nSPS) is 24.1. The molecule has 0 aliphatic carbocycles. The van der Waals surface area contributed by atoms with Crippen molar-refractivity contribution in [2.45, 2.75) is 81.9 Å². The molecular weight excluding hydrogens is 405 g/mol. The van der Waals surface area contributed by atoms with Crippen molar-refractivity contribution < 1.29 is 24.3 Å². The number of thioether (sulfide) groups is 1. The summed E-state index contributed by atoms with van der Waals surface area (Å²) in [6.45, 7) is 8.13. The van der Waals surface area contributed by atoms with Gasteiger partial charge < -0.3 is 24.4 Å². The van der Waals surface area contributed by atoms with Gasteiger partial charge in [-0.25, -0.2) is 9.97 Å². The Morgan fingerprint density at radius 1 is 1.27 bits per heavy atom. The van der Waals surface area contributed by atoms with Gasteiger partial charge in [-0.05, 0) is 53.4 Å². The number of likely N-dealkylation sites (tertiary alicyclic amines) is 1. The molecule has 30 heavy (non-hydrogen) atoms. The van der Waals surface area contributed by atoms with Gasteiger partial charge in [-0.15, -0.1) is 0 Å². The van der Waals surface area contributed by atoms with E-state index < -0.39 is 31.0 Å². The molecule has 1 aromatic rings. The van der Waals surface area contributed by atoms with Gasteiger partial charge in [0, 0.05) is 36.2 Å². The Kier molecular flexibility index (Phi) is 7.45. The first-order chi connectivity index (χ1) is 14.1. The smallest absolute Gasteiger partial charge is 0.399 e. The molecule has 3 rings (SSSR count). The van der Waals surface area contributed by atoms with E-state index in [1.807, 2.05) is 27.7 Å². The first-order valence-electron chi connectivity index (χ1n) is 10.5. The number of nitrogens with zero attached hydrogens (tertiary/aromatic N) is 3. The van der Waals surface area contributed by atoms with Crippen LogP contribution in [0.1, 0.15) is 53.4 Å². The standard InChI is InChI=1S/C20H32BN3O5S/c1-19(2)20(3,4)29-21(28-19)14-11-22-18(23-12-14)30-10-8-15-7-5-6-9-24(15)17(27)16(26)13-25/h11-12,15-16,25-26H,5-10,13H2,1-4H3/t15-,16-/m0/s1. The minimum Gasteiger partial charge on any atom is -0.399 e. The third-order valence-electron chi connectivity index (χ3n) is 6.22. The molecule has 2 N–H and O–H groups in total. The fourth-order valence-corrected chi connectivity index (χ4v) is 4.48. The number of aromatic nitrogens is 2. The zero-order valence-electron chi connectivity index (χ0n) is 18.2. The monoisotopic (exact) mass is 437 g/mol. The highest BCUT2D eigenvalue weighted by molar-refractivity contribution is 7.99. The number of piperidine rings is 1. The Hall–Kier alpha value is -1.20. The number of hydrogen-bond donors (Lipinski definition) is 2. The average molecular weight is 437 g/mol. The largest absolute Gasteiger partial charge is 0.498 e. The summed E-state index contributed by atoms with van der Waals surface area (Å²) in [6, 6.07) is 0.0731. The van der Waals surface area contributed by atoms with Crippen LogP contribution in [-0.2, 0) is 14.1 Å². The third kappa shape index (κ3) is 5.16. The van der Waals surface area contributed by atoms with E-state index in [2.05, 4.69) is 9.97 Å². The van der Waals surface area contributed by atoms with E-state index in [-0.39, 0.29) is 11.9 Å². The highest BCUT2D eigenvalue weighted by atomic mass is 32.2. The Balaban J connectivity index is 1.52. The number of rotatable bonds is 7. The number of aliphatic hydroxyl groups excluding tert-OH is 2. The van der Waals surface area contributed by atoms with Crippen LogP contribution in [0, 0.1) is 0 Å². The summed E-state index contributed by atoms with van der Waals surface area (Å²) < 4.78 is 12.1. The molecule has 1 amide bonds. The van der Waals surface area contributed by atoms with Crippen LogP contribution in [0.3, 0.4) is 0 Å². The second-order valence-electron chi connectivity index (χ2n) is 8.90. The molecule has 1 aromatic heterocycles. The minimum atomic E-state index is -1.33. The molecule has 2 saturated heterocycles. The first-order valence-corrected chi connectivity index (χ1v) is 11.5. The zero-order chi connectivity index (χ0) is 21.9. The molecule has 2 aliphatic rings. The van der Waals surface area contributed by atoms with Crippen LogP contribution in [0.5, 0.6) is 0 Å². The van der Waals surface area contributed by atoms with Crippen molar-refractivity contribution in [3.8, 4) is 0 Å². The quantitative estimate of drug-likeness (QED) is 0.370. The number of carbonyl (C=O) groups is 1. The summed E-state index contributed by atoms with van der Waals surface area (Å²) in [7, 11) is -0.478. The topological polar surface area (TPSA) is 105 Å². The third-order valence-corrected chi connectivity index (χ3v) is 7.13.